The van der Waals surface area contributed by atoms with Crippen LogP contribution >= 0.6 is 24.8 Å². The molecule has 2 rings (SSSR count). The Morgan fingerprint density at radius 1 is 0.955 bits per heavy atom. The second kappa shape index (κ2) is 23.9. The molecule has 0 unspecified atom stereocenters. The van der Waals surface area contributed by atoms with E-state index in [-0.39, 0.29) is 32.2 Å². The van der Waals surface area contributed by atoms with Crippen molar-refractivity contribution in [3.05, 3.63) is 60.9 Å². The molecule has 130 valence electrons. The van der Waals surface area contributed by atoms with Crippen LogP contribution in [-0.4, -0.2) is 6.88 Å². The Morgan fingerprint density at radius 3 is 1.23 bits per heavy atom. The standard InChI is InChI=1S/2C7H9.C3H7.CH3.2ClH.H2Si.Zr/c2*1-6-3-4-7(2)5-6;1-3-2;;;;;/h2*5H,3H2,1-2H3;1,3H2,2H3;1H3;2*1H;1H2;/q4*-1;;;;. The summed E-state index contributed by atoms with van der Waals surface area (Å²) in [4.78, 5) is 0. The van der Waals surface area contributed by atoms with Gasteiger partial charge in [0.25, 0.3) is 0 Å². The van der Waals surface area contributed by atoms with Gasteiger partial charge in [0, 0.05) is 0 Å². The first-order valence-electron chi connectivity index (χ1n) is 6.63. The molecule has 0 aliphatic heterocycles. The molecule has 0 aromatic heterocycles. The fourth-order valence-electron chi connectivity index (χ4n) is 1.50. The summed E-state index contributed by atoms with van der Waals surface area (Å²) in [7, 11) is 0. The van der Waals surface area contributed by atoms with E-state index in [1.165, 1.54) is 22.3 Å². The molecule has 0 bridgehead atoms. The molecule has 0 atom stereocenters. The zero-order valence-electron chi connectivity index (χ0n) is 15.0. The van der Waals surface area contributed by atoms with Gasteiger partial charge in [-0.25, -0.2) is 23.3 Å². The number of hydrogen-bond acceptors (Lipinski definition) is 0. The van der Waals surface area contributed by atoms with Crippen LogP contribution in [0.5, 0.6) is 0 Å². The quantitative estimate of drug-likeness (QED) is 0.332. The maximum atomic E-state index is 3.49. The Hall–Kier alpha value is 0.640. The molecule has 2 aliphatic rings. The summed E-state index contributed by atoms with van der Waals surface area (Å²) in [5, 5.41) is 0. The Morgan fingerprint density at radius 2 is 1.18 bits per heavy atom. The molecule has 0 spiro atoms. The van der Waals surface area contributed by atoms with Gasteiger partial charge >= 0.3 is 30.2 Å². The first-order chi connectivity index (χ1) is 8.99. The third-order valence-electron chi connectivity index (χ3n) is 2.22. The molecule has 0 saturated carbocycles. The molecule has 0 saturated heterocycles. The van der Waals surface area contributed by atoms with Gasteiger partial charge in [-0.05, 0) is 0 Å². The van der Waals surface area contributed by atoms with Gasteiger partial charge in [0.15, 0.2) is 0 Å². The Balaban J connectivity index is -0.0000000617. The van der Waals surface area contributed by atoms with Crippen molar-refractivity contribution in [1.82, 2.24) is 0 Å². The van der Waals surface area contributed by atoms with Crippen LogP contribution < -0.4 is 0 Å². The Kier molecular flexibility index (Phi) is 37.0. The van der Waals surface area contributed by atoms with E-state index in [1.54, 1.807) is 23.3 Å². The van der Waals surface area contributed by atoms with Crippen molar-refractivity contribution >= 4 is 31.7 Å². The van der Waals surface area contributed by atoms with Gasteiger partial charge in [0.05, 0.1) is 0 Å². The molecule has 4 heteroatoms. The van der Waals surface area contributed by atoms with Gasteiger partial charge in [-0.3, -0.25) is 12.2 Å². The number of allylic oxidation sites excluding steroid dienone is 8. The Labute approximate surface area is 169 Å². The maximum absolute atomic E-state index is 3.49. The molecule has 2 aliphatic carbocycles. The van der Waals surface area contributed by atoms with Gasteiger partial charge < -0.3 is 14.4 Å². The summed E-state index contributed by atoms with van der Waals surface area (Å²) >= 11 is 1.58. The van der Waals surface area contributed by atoms with E-state index in [0.717, 1.165) is 19.3 Å². The van der Waals surface area contributed by atoms with E-state index in [0.29, 0.717) is 0 Å². The zero-order valence-corrected chi connectivity index (χ0v) is 20.5. The topological polar surface area (TPSA) is 0 Å². The normalized spacial score (nSPS) is 13.1. The monoisotopic (exact) mass is 436 g/mol. The summed E-state index contributed by atoms with van der Waals surface area (Å²) < 4.78 is 0. The molecule has 0 fully saturated rings. The third-order valence-corrected chi connectivity index (χ3v) is 2.22. The first-order valence-corrected chi connectivity index (χ1v) is 12.6. The molecule has 0 radical (unpaired) electrons. The minimum atomic E-state index is 0. The predicted molar refractivity (Wildman–Crippen MR) is 107 cm³/mol. The predicted octanol–water partition coefficient (Wildman–Crippen LogP) is 5.78. The summed E-state index contributed by atoms with van der Waals surface area (Å²) in [5.41, 5.74) is 5.44. The van der Waals surface area contributed by atoms with E-state index >= 15 is 0 Å². The van der Waals surface area contributed by atoms with Gasteiger partial charge in [0.1, 0.15) is 0 Å². The van der Waals surface area contributed by atoms with Crippen LogP contribution in [0, 0.1) is 26.5 Å². The van der Waals surface area contributed by atoms with Crippen molar-refractivity contribution < 1.29 is 23.3 Å². The van der Waals surface area contributed by atoms with Gasteiger partial charge in [-0.2, -0.15) is 17.6 Å². The van der Waals surface area contributed by atoms with Crippen molar-refractivity contribution in [2.24, 2.45) is 0 Å². The summed E-state index contributed by atoms with van der Waals surface area (Å²) in [6, 6.07) is 0. The number of halogens is 2. The van der Waals surface area contributed by atoms with Crippen molar-refractivity contribution in [3.63, 3.8) is 0 Å². The van der Waals surface area contributed by atoms with Gasteiger partial charge in [-0.1, -0.05) is 34.6 Å². The van der Waals surface area contributed by atoms with E-state index in [2.05, 4.69) is 58.9 Å². The van der Waals surface area contributed by atoms with E-state index in [1.807, 2.05) is 13.8 Å². The third kappa shape index (κ3) is 22.9. The van der Waals surface area contributed by atoms with Crippen molar-refractivity contribution in [2.75, 3.05) is 0 Å². The van der Waals surface area contributed by atoms with Crippen LogP contribution in [0.25, 0.3) is 0 Å². The van der Waals surface area contributed by atoms with Crippen LogP contribution in [0.3, 0.4) is 0 Å². The van der Waals surface area contributed by atoms with E-state index in [4.69, 9.17) is 0 Å². The SMILES string of the molecule is CC1=[C-]CC(C)=C1.CC1=[C-]CC(C)=C1.Cl.Cl.[CH2-]CC.[CH3-].[SiH2]=[Zr]. The molecule has 0 amide bonds. The summed E-state index contributed by atoms with van der Waals surface area (Å²) in [5.74, 6) is 0. The zero-order chi connectivity index (χ0) is 15.3. The second-order valence-electron chi connectivity index (χ2n) is 4.55. The molecule has 0 heterocycles. The van der Waals surface area contributed by atoms with Crippen LogP contribution in [0.1, 0.15) is 53.9 Å². The summed E-state index contributed by atoms with van der Waals surface area (Å²) in [6.45, 7) is 15.9. The van der Waals surface area contributed by atoms with Gasteiger partial charge in [-0.15, -0.1) is 37.7 Å². The molecule has 22 heavy (non-hydrogen) atoms. The minimum absolute atomic E-state index is 0. The number of rotatable bonds is 0. The first kappa shape index (κ1) is 34.1. The second-order valence-corrected chi connectivity index (χ2v) is 4.55. The van der Waals surface area contributed by atoms with E-state index < -0.39 is 0 Å². The van der Waals surface area contributed by atoms with Crippen molar-refractivity contribution in [2.45, 2.75) is 53.9 Å². The molecule has 0 aromatic rings. The molecule has 0 N–H and O–H groups in total. The molecule has 0 nitrogen and oxygen atoms in total. The van der Waals surface area contributed by atoms with Crippen LogP contribution in [-0.2, 0) is 23.3 Å². The van der Waals surface area contributed by atoms with E-state index in [9.17, 15) is 0 Å². The van der Waals surface area contributed by atoms with Crippen LogP contribution in [0.4, 0.5) is 0 Å². The molecule has 0 aromatic carbocycles. The van der Waals surface area contributed by atoms with Crippen molar-refractivity contribution in [3.8, 4) is 0 Å². The fourth-order valence-corrected chi connectivity index (χ4v) is 1.50. The van der Waals surface area contributed by atoms with Crippen LogP contribution in [0.15, 0.2) is 34.4 Å². The fraction of sp³-hybridized carbons (Fsp3) is 0.444. The molecular weight excluding hydrogens is 406 g/mol. The molecular formula is C18H32Cl2SiZr-4. The average molecular weight is 439 g/mol. The average Bonchev–Trinajstić information content (AvgIpc) is 2.92. The summed E-state index contributed by atoms with van der Waals surface area (Å²) in [6.07, 6.45) is 13.8. The Bertz CT molecular complexity index is 335. The van der Waals surface area contributed by atoms with Crippen LogP contribution in [0.2, 0.25) is 0 Å². The van der Waals surface area contributed by atoms with Gasteiger partial charge in [0.2, 0.25) is 0 Å². The van der Waals surface area contributed by atoms with Crippen molar-refractivity contribution in [1.29, 1.82) is 0 Å². The number of hydrogen-bond donors (Lipinski definition) is 0.